The van der Waals surface area contributed by atoms with Crippen LogP contribution in [0.3, 0.4) is 0 Å². The summed E-state index contributed by atoms with van der Waals surface area (Å²) in [5.74, 6) is 0.487. The van der Waals surface area contributed by atoms with E-state index in [0.29, 0.717) is 11.0 Å². The molecule has 100 valence electrons. The Bertz CT molecular complexity index is 722. The molecule has 0 spiro atoms. The number of fused-ring (bicyclic) bond motifs is 3. The number of tetrazole rings is 1. The van der Waals surface area contributed by atoms with E-state index in [1.165, 1.54) is 4.79 Å². The van der Waals surface area contributed by atoms with Crippen molar-refractivity contribution in [1.29, 1.82) is 0 Å². The van der Waals surface area contributed by atoms with Gasteiger partial charge in [-0.3, -0.25) is 0 Å². The van der Waals surface area contributed by atoms with Crippen molar-refractivity contribution in [2.24, 2.45) is 15.3 Å². The molecule has 7 nitrogen and oxygen atoms in total. The lowest BCUT2D eigenvalue weighted by atomic mass is 9.77. The molecule has 0 radical (unpaired) electrons. The first-order chi connectivity index (χ1) is 9.70. The smallest absolute Gasteiger partial charge is 0.181 e. The van der Waals surface area contributed by atoms with E-state index in [0.717, 1.165) is 5.56 Å². The second kappa shape index (κ2) is 3.92. The van der Waals surface area contributed by atoms with Crippen LogP contribution in [-0.2, 0) is 5.54 Å². The fourth-order valence-electron chi connectivity index (χ4n) is 2.81. The molecule has 3 heterocycles. The number of rotatable bonds is 1. The maximum atomic E-state index is 6.20. The fourth-order valence-corrected chi connectivity index (χ4v) is 3.05. The van der Waals surface area contributed by atoms with Crippen molar-refractivity contribution in [3.05, 3.63) is 41.7 Å². The Kier molecular flexibility index (Phi) is 2.29. The van der Waals surface area contributed by atoms with E-state index in [2.05, 4.69) is 30.9 Å². The second-order valence-corrected chi connectivity index (χ2v) is 5.39. The fraction of sp³-hybridized carbons (Fsp3) is 0.333. The van der Waals surface area contributed by atoms with Gasteiger partial charge in [-0.2, -0.15) is 10.2 Å². The summed E-state index contributed by atoms with van der Waals surface area (Å²) in [7, 11) is 0. The molecule has 2 aliphatic rings. The van der Waals surface area contributed by atoms with E-state index in [-0.39, 0.29) is 12.0 Å². The molecule has 0 N–H and O–H groups in total. The van der Waals surface area contributed by atoms with Crippen molar-refractivity contribution in [3.8, 4) is 0 Å². The molecule has 3 atom stereocenters. The number of halogens is 1. The summed E-state index contributed by atoms with van der Waals surface area (Å²) < 4.78 is 0. The van der Waals surface area contributed by atoms with Crippen LogP contribution in [0.15, 0.2) is 45.7 Å². The zero-order chi connectivity index (χ0) is 13.7. The molecule has 2 aliphatic heterocycles. The normalized spacial score (nSPS) is 30.8. The number of hydrogen-bond acceptors (Lipinski definition) is 6. The average molecular weight is 288 g/mol. The summed E-state index contributed by atoms with van der Waals surface area (Å²) in [6, 6.07) is 9.65. The van der Waals surface area contributed by atoms with Crippen LogP contribution in [0, 0.1) is 0 Å². The van der Waals surface area contributed by atoms with Crippen molar-refractivity contribution >= 4 is 16.8 Å². The Hall–Kier alpha value is -2.15. The molecule has 1 aromatic heterocycles. The maximum absolute atomic E-state index is 6.20. The van der Waals surface area contributed by atoms with Gasteiger partial charge in [-0.25, -0.2) is 0 Å². The van der Waals surface area contributed by atoms with E-state index < -0.39 is 5.54 Å². The van der Waals surface area contributed by atoms with Gasteiger partial charge in [0.1, 0.15) is 11.6 Å². The molecule has 0 saturated carbocycles. The number of azo groups is 1. The highest BCUT2D eigenvalue weighted by molar-refractivity contribution is 6.66. The Morgan fingerprint density at radius 2 is 2.05 bits per heavy atom. The van der Waals surface area contributed by atoms with Gasteiger partial charge in [0.15, 0.2) is 11.0 Å². The van der Waals surface area contributed by atoms with Crippen LogP contribution in [0.5, 0.6) is 0 Å². The Morgan fingerprint density at radius 3 is 2.85 bits per heavy atom. The number of nitrogens with zero attached hydrogens (tertiary/aromatic N) is 7. The van der Waals surface area contributed by atoms with E-state index >= 15 is 0 Å². The molecule has 20 heavy (non-hydrogen) atoms. The van der Waals surface area contributed by atoms with Gasteiger partial charge in [-0.15, -0.1) is 15.0 Å². The quantitative estimate of drug-likeness (QED) is 0.803. The molecule has 0 aliphatic carbocycles. The van der Waals surface area contributed by atoms with Crippen LogP contribution < -0.4 is 0 Å². The third-order valence-electron chi connectivity index (χ3n) is 3.86. The van der Waals surface area contributed by atoms with Crippen LogP contribution in [0.4, 0.5) is 0 Å². The summed E-state index contributed by atoms with van der Waals surface area (Å²) in [5, 5.41) is 24.8. The minimum Gasteiger partial charge on any atom is -0.181 e. The summed E-state index contributed by atoms with van der Waals surface area (Å²) in [4.78, 5) is 1.36. The molecule has 8 heteroatoms. The van der Waals surface area contributed by atoms with Crippen molar-refractivity contribution in [1.82, 2.24) is 20.3 Å². The lowest BCUT2D eigenvalue weighted by Crippen LogP contribution is -2.38. The lowest BCUT2D eigenvalue weighted by Gasteiger charge is -2.30. The molecule has 4 rings (SSSR count). The van der Waals surface area contributed by atoms with Crippen LogP contribution in [0.1, 0.15) is 24.2 Å². The number of aromatic nitrogens is 4. The zero-order valence-electron chi connectivity index (χ0n) is 10.5. The van der Waals surface area contributed by atoms with Crippen molar-refractivity contribution < 1.29 is 0 Å². The van der Waals surface area contributed by atoms with Gasteiger partial charge in [0.05, 0.1) is 5.92 Å². The second-order valence-electron chi connectivity index (χ2n) is 5.00. The molecule has 0 fully saturated rings. The van der Waals surface area contributed by atoms with Crippen molar-refractivity contribution in [3.63, 3.8) is 0 Å². The highest BCUT2D eigenvalue weighted by Gasteiger charge is 2.53. The molecule has 2 aromatic rings. The van der Waals surface area contributed by atoms with Gasteiger partial charge < -0.3 is 0 Å². The first kappa shape index (κ1) is 11.7. The molecule has 0 bridgehead atoms. The molecule has 0 amide bonds. The predicted octanol–water partition coefficient (Wildman–Crippen LogP) is 1.92. The first-order valence-electron chi connectivity index (χ1n) is 6.20. The number of benzene rings is 1. The highest BCUT2D eigenvalue weighted by atomic mass is 35.5. The van der Waals surface area contributed by atoms with Crippen molar-refractivity contribution in [2.45, 2.75) is 24.4 Å². The van der Waals surface area contributed by atoms with E-state index in [9.17, 15) is 0 Å². The minimum atomic E-state index is -0.547. The average Bonchev–Trinajstić information content (AvgIpc) is 3.05. The largest absolute Gasteiger partial charge is 0.185 e. The van der Waals surface area contributed by atoms with Gasteiger partial charge in [-0.05, 0) is 22.9 Å². The lowest BCUT2D eigenvalue weighted by molar-refractivity contribution is 0.389. The maximum Gasteiger partial charge on any atom is 0.185 e. The molecular formula is C12H10ClN7. The zero-order valence-corrected chi connectivity index (χ0v) is 11.3. The summed E-state index contributed by atoms with van der Waals surface area (Å²) >= 11 is 6.20. The third kappa shape index (κ3) is 1.41. The van der Waals surface area contributed by atoms with Gasteiger partial charge in [0.25, 0.3) is 0 Å². The van der Waals surface area contributed by atoms with Crippen LogP contribution in [-0.4, -0.2) is 31.5 Å². The van der Waals surface area contributed by atoms with Crippen LogP contribution in [0.25, 0.3) is 0 Å². The van der Waals surface area contributed by atoms with Gasteiger partial charge in [0, 0.05) is 0 Å². The molecular weight excluding hydrogens is 278 g/mol. The Morgan fingerprint density at radius 1 is 1.25 bits per heavy atom. The SMILES string of the molecule is CC1(c2ccccc2)N=N[C@@H]2C(Cl)=Nn3nnnc3[C@@H]21. The van der Waals surface area contributed by atoms with Crippen molar-refractivity contribution in [2.75, 3.05) is 0 Å². The predicted molar refractivity (Wildman–Crippen MR) is 71.7 cm³/mol. The van der Waals surface area contributed by atoms with E-state index in [4.69, 9.17) is 11.6 Å². The molecule has 1 aromatic carbocycles. The van der Waals surface area contributed by atoms with E-state index in [1.807, 2.05) is 37.3 Å². The standard InChI is InChI=1S/C12H10ClN7/c1-12(7-5-3-2-4-6-7)8-9(14-17-12)10(13)16-20-11(8)15-18-19-20/h2-6,8-9H,1H3/t8-,9+,12?/m1/s1. The Labute approximate surface area is 119 Å². The van der Waals surface area contributed by atoms with E-state index in [1.54, 1.807) is 0 Å². The third-order valence-corrected chi connectivity index (χ3v) is 4.16. The van der Waals surface area contributed by atoms with Gasteiger partial charge in [0.2, 0.25) is 0 Å². The summed E-state index contributed by atoms with van der Waals surface area (Å²) in [5.41, 5.74) is 0.506. The monoisotopic (exact) mass is 287 g/mol. The van der Waals surface area contributed by atoms with Gasteiger partial charge in [-0.1, -0.05) is 41.9 Å². The summed E-state index contributed by atoms with van der Waals surface area (Å²) in [6.45, 7) is 2.02. The van der Waals surface area contributed by atoms with Crippen LogP contribution in [0.2, 0.25) is 0 Å². The summed E-state index contributed by atoms with van der Waals surface area (Å²) in [6.07, 6.45) is 0. The molecule has 0 saturated heterocycles. The minimum absolute atomic E-state index is 0.148. The van der Waals surface area contributed by atoms with Crippen LogP contribution >= 0.6 is 11.6 Å². The van der Waals surface area contributed by atoms with Gasteiger partial charge >= 0.3 is 0 Å². The first-order valence-corrected chi connectivity index (χ1v) is 6.58. The topological polar surface area (TPSA) is 80.7 Å². The molecule has 1 unspecified atom stereocenters. The number of hydrogen-bond donors (Lipinski definition) is 0. The Balaban J connectivity index is 1.90. The highest BCUT2D eigenvalue weighted by Crippen LogP contribution is 2.49.